The third-order valence-corrected chi connectivity index (χ3v) is 4.29. The molecule has 0 rings (SSSR count). The molecular formula is C16H32N2O2. The Morgan fingerprint density at radius 2 is 1.45 bits per heavy atom. The van der Waals surface area contributed by atoms with E-state index in [1.807, 2.05) is 27.7 Å². The average molecular weight is 284 g/mol. The van der Waals surface area contributed by atoms with Crippen molar-refractivity contribution in [3.63, 3.8) is 0 Å². The predicted octanol–water partition coefficient (Wildman–Crippen LogP) is 2.73. The maximum Gasteiger partial charge on any atom is 0.225 e. The first-order valence-electron chi connectivity index (χ1n) is 7.32. The molecule has 0 aromatic rings. The van der Waals surface area contributed by atoms with Crippen LogP contribution in [0.4, 0.5) is 0 Å². The highest BCUT2D eigenvalue weighted by Gasteiger charge is 2.43. The third kappa shape index (κ3) is 5.51. The second-order valence-electron chi connectivity index (χ2n) is 7.93. The first kappa shape index (κ1) is 18.9. The van der Waals surface area contributed by atoms with Gasteiger partial charge < -0.3 is 10.6 Å². The molecular weight excluding hydrogens is 252 g/mol. The van der Waals surface area contributed by atoms with Gasteiger partial charge in [-0.25, -0.2) is 0 Å². The number of carbonyl (C=O) groups is 2. The van der Waals surface area contributed by atoms with Gasteiger partial charge in [0, 0.05) is 25.4 Å². The van der Waals surface area contributed by atoms with Gasteiger partial charge in [0.15, 0.2) is 0 Å². The van der Waals surface area contributed by atoms with E-state index in [-0.39, 0.29) is 17.2 Å². The maximum atomic E-state index is 12.1. The van der Waals surface area contributed by atoms with Crippen molar-refractivity contribution in [3.05, 3.63) is 0 Å². The summed E-state index contributed by atoms with van der Waals surface area (Å²) in [6.45, 7) is 14.8. The van der Waals surface area contributed by atoms with Crippen LogP contribution >= 0.6 is 0 Å². The zero-order chi connectivity index (χ0) is 16.2. The minimum absolute atomic E-state index is 0.0104. The molecule has 4 heteroatoms. The van der Waals surface area contributed by atoms with E-state index < -0.39 is 10.8 Å². The van der Waals surface area contributed by atoms with E-state index in [0.29, 0.717) is 13.0 Å². The molecule has 0 heterocycles. The van der Waals surface area contributed by atoms with Gasteiger partial charge in [0.25, 0.3) is 0 Å². The summed E-state index contributed by atoms with van der Waals surface area (Å²) in [4.78, 5) is 24.0. The van der Waals surface area contributed by atoms with Crippen molar-refractivity contribution >= 4 is 11.8 Å². The van der Waals surface area contributed by atoms with Crippen molar-refractivity contribution in [1.82, 2.24) is 10.6 Å². The predicted molar refractivity (Wildman–Crippen MR) is 83.3 cm³/mol. The van der Waals surface area contributed by atoms with Gasteiger partial charge in [0.1, 0.15) is 0 Å². The van der Waals surface area contributed by atoms with E-state index in [1.54, 1.807) is 7.05 Å². The van der Waals surface area contributed by atoms with Crippen LogP contribution in [0.5, 0.6) is 0 Å². The molecule has 0 unspecified atom stereocenters. The van der Waals surface area contributed by atoms with Crippen molar-refractivity contribution in [2.45, 2.75) is 61.3 Å². The lowest BCUT2D eigenvalue weighted by atomic mass is 9.65. The fourth-order valence-corrected chi connectivity index (χ4v) is 1.88. The van der Waals surface area contributed by atoms with Crippen LogP contribution in [-0.2, 0) is 9.59 Å². The Morgan fingerprint density at radius 1 is 0.950 bits per heavy atom. The topological polar surface area (TPSA) is 58.2 Å². The van der Waals surface area contributed by atoms with Gasteiger partial charge in [0.05, 0.1) is 0 Å². The highest BCUT2D eigenvalue weighted by molar-refractivity contribution is 5.84. The summed E-state index contributed by atoms with van der Waals surface area (Å²) in [5, 5.41) is 5.63. The number of hydrogen-bond acceptors (Lipinski definition) is 2. The van der Waals surface area contributed by atoms with Crippen LogP contribution in [0.25, 0.3) is 0 Å². The van der Waals surface area contributed by atoms with Crippen LogP contribution in [-0.4, -0.2) is 25.4 Å². The molecule has 2 amide bonds. The molecule has 0 aromatic heterocycles. The second-order valence-corrected chi connectivity index (χ2v) is 7.93. The van der Waals surface area contributed by atoms with Crippen LogP contribution in [0.15, 0.2) is 0 Å². The zero-order valence-electron chi connectivity index (χ0n) is 14.4. The minimum atomic E-state index is -0.594. The Hall–Kier alpha value is -1.06. The first-order chi connectivity index (χ1) is 8.83. The monoisotopic (exact) mass is 284 g/mol. The number of amides is 2. The molecule has 2 N–H and O–H groups in total. The Kier molecular flexibility index (Phi) is 6.25. The molecule has 0 aromatic carbocycles. The summed E-state index contributed by atoms with van der Waals surface area (Å²) in [7, 11) is 1.63. The summed E-state index contributed by atoms with van der Waals surface area (Å²) >= 11 is 0. The van der Waals surface area contributed by atoms with E-state index in [1.165, 1.54) is 0 Å². The lowest BCUT2D eigenvalue weighted by Gasteiger charge is -2.39. The normalized spacial score (nSPS) is 13.0. The number of carbonyl (C=O) groups excluding carboxylic acids is 2. The van der Waals surface area contributed by atoms with Gasteiger partial charge in [-0.05, 0) is 17.3 Å². The summed E-state index contributed by atoms with van der Waals surface area (Å²) in [6, 6.07) is 0. The Balaban J connectivity index is 4.53. The van der Waals surface area contributed by atoms with E-state index in [9.17, 15) is 9.59 Å². The van der Waals surface area contributed by atoms with Crippen LogP contribution in [0.3, 0.4) is 0 Å². The molecule has 118 valence electrons. The summed E-state index contributed by atoms with van der Waals surface area (Å²) in [6.07, 6.45) is 1.29. The molecule has 0 atom stereocenters. The van der Waals surface area contributed by atoms with Gasteiger partial charge in [-0.15, -0.1) is 0 Å². The number of nitrogens with one attached hydrogen (secondary N) is 2. The van der Waals surface area contributed by atoms with Crippen LogP contribution in [0, 0.1) is 16.2 Å². The molecule has 0 spiro atoms. The summed E-state index contributed by atoms with van der Waals surface area (Å²) < 4.78 is 0. The Bertz CT molecular complexity index is 352. The highest BCUT2D eigenvalue weighted by Crippen LogP contribution is 2.41. The third-order valence-electron chi connectivity index (χ3n) is 4.29. The van der Waals surface area contributed by atoms with Crippen molar-refractivity contribution in [2.75, 3.05) is 13.6 Å². The molecule has 0 aliphatic rings. The average Bonchev–Trinajstić information content (AvgIpc) is 2.24. The van der Waals surface area contributed by atoms with Crippen molar-refractivity contribution in [3.8, 4) is 0 Å². The van der Waals surface area contributed by atoms with Crippen molar-refractivity contribution in [1.29, 1.82) is 0 Å². The molecule has 0 saturated heterocycles. The fourth-order valence-electron chi connectivity index (χ4n) is 1.88. The van der Waals surface area contributed by atoms with Gasteiger partial charge in [-0.1, -0.05) is 48.5 Å². The van der Waals surface area contributed by atoms with Gasteiger partial charge in [0.2, 0.25) is 11.8 Å². The summed E-state index contributed by atoms with van der Waals surface area (Å²) in [5.74, 6) is -0.0266. The van der Waals surface area contributed by atoms with Gasteiger partial charge >= 0.3 is 0 Å². The van der Waals surface area contributed by atoms with Crippen LogP contribution in [0.1, 0.15) is 61.3 Å². The molecule has 0 aliphatic heterocycles. The lowest BCUT2D eigenvalue weighted by molar-refractivity contribution is -0.137. The molecule has 0 aliphatic carbocycles. The first-order valence-corrected chi connectivity index (χ1v) is 7.32. The molecule has 0 radical (unpaired) electrons. The molecule has 0 bridgehead atoms. The second kappa shape index (κ2) is 6.59. The molecule has 0 fully saturated rings. The quantitative estimate of drug-likeness (QED) is 0.788. The smallest absolute Gasteiger partial charge is 0.225 e. The van der Waals surface area contributed by atoms with Crippen molar-refractivity contribution < 1.29 is 9.59 Å². The van der Waals surface area contributed by atoms with Crippen LogP contribution in [0.2, 0.25) is 0 Å². The van der Waals surface area contributed by atoms with Gasteiger partial charge in [-0.3, -0.25) is 9.59 Å². The summed E-state index contributed by atoms with van der Waals surface area (Å²) in [5.41, 5.74) is -0.786. The van der Waals surface area contributed by atoms with E-state index in [0.717, 1.165) is 6.42 Å². The lowest BCUT2D eigenvalue weighted by Crippen LogP contribution is -2.47. The zero-order valence-corrected chi connectivity index (χ0v) is 14.4. The number of rotatable bonds is 6. The van der Waals surface area contributed by atoms with E-state index >= 15 is 0 Å². The van der Waals surface area contributed by atoms with Crippen LogP contribution < -0.4 is 10.6 Å². The molecule has 0 saturated carbocycles. The minimum Gasteiger partial charge on any atom is -0.359 e. The van der Waals surface area contributed by atoms with Crippen molar-refractivity contribution in [2.24, 2.45) is 16.2 Å². The highest BCUT2D eigenvalue weighted by atomic mass is 16.2. The number of hydrogen-bond donors (Lipinski definition) is 2. The maximum absolute atomic E-state index is 12.1. The molecule has 4 nitrogen and oxygen atoms in total. The SMILES string of the molecule is CNC(=O)C(C)(C)C(C)(C)CC(=O)NCCC(C)(C)C. The van der Waals surface area contributed by atoms with E-state index in [4.69, 9.17) is 0 Å². The Labute approximate surface area is 124 Å². The van der Waals surface area contributed by atoms with Gasteiger partial charge in [-0.2, -0.15) is 0 Å². The van der Waals surface area contributed by atoms with E-state index in [2.05, 4.69) is 31.4 Å². The molecule has 20 heavy (non-hydrogen) atoms. The standard InChI is InChI=1S/C16H32N2O2/c1-14(2,3)9-10-18-12(19)11-15(4,5)16(6,7)13(20)17-8/h9-11H2,1-8H3,(H,17,20)(H,18,19). The Morgan fingerprint density at radius 3 is 1.85 bits per heavy atom. The fraction of sp³-hybridized carbons (Fsp3) is 0.875. The largest absolute Gasteiger partial charge is 0.359 e.